The standard InChI is InChI=1S/C22H29N3O4S/c1-22(2,3)29-21(28)23-12-19(27)25-20-24-18(13-30-20)16-6-4-5-15(11-16)14-7-9-17(26)10-8-14/h4-6,11,13-14,17,26H,7-10,12H2,1-3H3,(H,23,28)(H,24,25,27). The van der Waals surface area contributed by atoms with Gasteiger partial charge in [0.1, 0.15) is 12.1 Å². The first-order chi connectivity index (χ1) is 14.2. The van der Waals surface area contributed by atoms with Gasteiger partial charge in [0.15, 0.2) is 5.13 Å². The molecule has 162 valence electrons. The SMILES string of the molecule is CC(C)(C)OC(=O)NCC(=O)Nc1nc(-c2cccc(C3CCC(O)CC3)c2)cs1. The van der Waals surface area contributed by atoms with Crippen molar-refractivity contribution in [1.29, 1.82) is 0 Å². The lowest BCUT2D eigenvalue weighted by molar-refractivity contribution is -0.115. The number of thiazole rings is 1. The van der Waals surface area contributed by atoms with Gasteiger partial charge in [-0.15, -0.1) is 11.3 Å². The summed E-state index contributed by atoms with van der Waals surface area (Å²) in [6.45, 7) is 5.09. The van der Waals surface area contributed by atoms with Crippen LogP contribution in [0.3, 0.4) is 0 Å². The van der Waals surface area contributed by atoms with E-state index in [9.17, 15) is 14.7 Å². The summed E-state index contributed by atoms with van der Waals surface area (Å²) in [7, 11) is 0. The summed E-state index contributed by atoms with van der Waals surface area (Å²) in [5, 5.41) is 17.2. The van der Waals surface area contributed by atoms with Crippen LogP contribution < -0.4 is 10.6 Å². The van der Waals surface area contributed by atoms with Crippen LogP contribution in [-0.2, 0) is 9.53 Å². The van der Waals surface area contributed by atoms with Gasteiger partial charge in [-0.1, -0.05) is 18.2 Å². The van der Waals surface area contributed by atoms with Crippen molar-refractivity contribution in [3.63, 3.8) is 0 Å². The molecular weight excluding hydrogens is 402 g/mol. The highest BCUT2D eigenvalue weighted by molar-refractivity contribution is 7.14. The zero-order chi connectivity index (χ0) is 21.7. The zero-order valence-electron chi connectivity index (χ0n) is 17.6. The molecular formula is C22H29N3O4S. The predicted molar refractivity (Wildman–Crippen MR) is 118 cm³/mol. The molecule has 1 fully saturated rings. The second-order valence-corrected chi connectivity index (χ2v) is 9.43. The Kier molecular flexibility index (Phi) is 7.10. The zero-order valence-corrected chi connectivity index (χ0v) is 18.4. The molecule has 0 radical (unpaired) electrons. The number of benzene rings is 1. The number of amides is 2. The molecule has 3 rings (SSSR count). The van der Waals surface area contributed by atoms with Crippen LogP contribution in [-0.4, -0.2) is 40.3 Å². The van der Waals surface area contributed by atoms with Gasteiger partial charge in [-0.2, -0.15) is 0 Å². The third kappa shape index (κ3) is 6.53. The van der Waals surface area contributed by atoms with Crippen LogP contribution in [0.15, 0.2) is 29.6 Å². The molecule has 1 aliphatic carbocycles. The van der Waals surface area contributed by atoms with Crippen molar-refractivity contribution in [2.75, 3.05) is 11.9 Å². The number of carbonyl (C=O) groups is 2. The summed E-state index contributed by atoms with van der Waals surface area (Å²) >= 11 is 1.34. The lowest BCUT2D eigenvalue weighted by Crippen LogP contribution is -2.37. The molecule has 7 nitrogen and oxygen atoms in total. The molecule has 8 heteroatoms. The molecule has 30 heavy (non-hydrogen) atoms. The lowest BCUT2D eigenvalue weighted by Gasteiger charge is -2.25. The summed E-state index contributed by atoms with van der Waals surface area (Å²) in [5.74, 6) is 0.0985. The minimum absolute atomic E-state index is 0.168. The molecule has 1 aliphatic rings. The van der Waals surface area contributed by atoms with Crippen LogP contribution in [0.25, 0.3) is 11.3 Å². The van der Waals surface area contributed by atoms with Crippen LogP contribution in [0.1, 0.15) is 57.9 Å². The van der Waals surface area contributed by atoms with Crippen molar-refractivity contribution < 1.29 is 19.4 Å². The first-order valence-corrected chi connectivity index (χ1v) is 11.1. The number of ether oxygens (including phenoxy) is 1. The highest BCUT2D eigenvalue weighted by atomic mass is 32.1. The van der Waals surface area contributed by atoms with Crippen molar-refractivity contribution >= 4 is 28.5 Å². The van der Waals surface area contributed by atoms with E-state index in [0.717, 1.165) is 36.9 Å². The molecule has 2 amide bonds. The Labute approximate surface area is 180 Å². The number of hydrogen-bond acceptors (Lipinski definition) is 6. The number of anilines is 1. The molecule has 1 aromatic heterocycles. The number of nitrogens with one attached hydrogen (secondary N) is 2. The van der Waals surface area contributed by atoms with Crippen molar-refractivity contribution in [2.24, 2.45) is 0 Å². The molecule has 2 aromatic rings. The molecule has 0 saturated heterocycles. The molecule has 1 heterocycles. The summed E-state index contributed by atoms with van der Waals surface area (Å²) in [6.07, 6.45) is 2.88. The van der Waals surface area contributed by atoms with Gasteiger partial charge in [-0.25, -0.2) is 9.78 Å². The fraction of sp³-hybridized carbons (Fsp3) is 0.500. The third-order valence-corrected chi connectivity index (χ3v) is 5.65. The maximum absolute atomic E-state index is 12.1. The average molecular weight is 432 g/mol. The first-order valence-electron chi connectivity index (χ1n) is 10.2. The van der Waals surface area contributed by atoms with Crippen LogP contribution in [0, 0.1) is 0 Å². The Balaban J connectivity index is 1.56. The normalized spacial score (nSPS) is 19.2. The third-order valence-electron chi connectivity index (χ3n) is 4.89. The molecule has 0 spiro atoms. The van der Waals surface area contributed by atoms with Crippen LogP contribution in [0.2, 0.25) is 0 Å². The van der Waals surface area contributed by atoms with E-state index in [1.54, 1.807) is 20.8 Å². The van der Waals surface area contributed by atoms with Gasteiger partial charge in [0.2, 0.25) is 5.91 Å². The summed E-state index contributed by atoms with van der Waals surface area (Å²) < 4.78 is 5.11. The Morgan fingerprint density at radius 2 is 1.97 bits per heavy atom. The van der Waals surface area contributed by atoms with Gasteiger partial charge < -0.3 is 20.5 Å². The Bertz CT molecular complexity index is 883. The van der Waals surface area contributed by atoms with E-state index >= 15 is 0 Å². The van der Waals surface area contributed by atoms with Crippen molar-refractivity contribution in [3.8, 4) is 11.3 Å². The second-order valence-electron chi connectivity index (χ2n) is 8.57. The Hall–Kier alpha value is -2.45. The van der Waals surface area contributed by atoms with Gasteiger partial charge in [0.05, 0.1) is 11.8 Å². The largest absolute Gasteiger partial charge is 0.444 e. The number of rotatable bonds is 5. The minimum Gasteiger partial charge on any atom is -0.444 e. The highest BCUT2D eigenvalue weighted by Gasteiger charge is 2.21. The predicted octanol–water partition coefficient (Wildman–Crippen LogP) is 4.29. The van der Waals surface area contributed by atoms with Crippen molar-refractivity contribution in [2.45, 2.75) is 64.1 Å². The van der Waals surface area contributed by atoms with Crippen molar-refractivity contribution in [1.82, 2.24) is 10.3 Å². The number of hydrogen-bond donors (Lipinski definition) is 3. The van der Waals surface area contributed by atoms with E-state index in [4.69, 9.17) is 4.74 Å². The maximum Gasteiger partial charge on any atom is 0.408 e. The molecule has 0 aliphatic heterocycles. The van der Waals surface area contributed by atoms with Crippen LogP contribution in [0.4, 0.5) is 9.93 Å². The topological polar surface area (TPSA) is 101 Å². The molecule has 0 bridgehead atoms. The van der Waals surface area contributed by atoms with E-state index in [0.29, 0.717) is 11.0 Å². The lowest BCUT2D eigenvalue weighted by atomic mass is 9.82. The van der Waals surface area contributed by atoms with E-state index < -0.39 is 11.7 Å². The van der Waals surface area contributed by atoms with E-state index in [1.165, 1.54) is 16.9 Å². The molecule has 1 aromatic carbocycles. The number of aliphatic hydroxyl groups is 1. The molecule has 1 saturated carbocycles. The first kappa shape index (κ1) is 22.2. The Morgan fingerprint density at radius 1 is 1.23 bits per heavy atom. The number of nitrogens with zero attached hydrogens (tertiary/aromatic N) is 1. The minimum atomic E-state index is -0.635. The van der Waals surface area contributed by atoms with Gasteiger partial charge in [0, 0.05) is 10.9 Å². The highest BCUT2D eigenvalue weighted by Crippen LogP contribution is 2.35. The van der Waals surface area contributed by atoms with Crippen molar-refractivity contribution in [3.05, 3.63) is 35.2 Å². The van der Waals surface area contributed by atoms with E-state index in [-0.39, 0.29) is 18.6 Å². The fourth-order valence-electron chi connectivity index (χ4n) is 3.45. The average Bonchev–Trinajstić information content (AvgIpc) is 3.14. The number of aliphatic hydroxyl groups excluding tert-OH is 1. The summed E-state index contributed by atoms with van der Waals surface area (Å²) in [6, 6.07) is 8.31. The number of carbonyl (C=O) groups excluding carboxylic acids is 2. The van der Waals surface area contributed by atoms with Gasteiger partial charge in [0.25, 0.3) is 0 Å². The van der Waals surface area contributed by atoms with E-state index in [2.05, 4.69) is 27.8 Å². The molecule has 0 atom stereocenters. The number of alkyl carbamates (subject to hydrolysis) is 1. The van der Waals surface area contributed by atoms with Crippen LogP contribution >= 0.6 is 11.3 Å². The Morgan fingerprint density at radius 3 is 2.67 bits per heavy atom. The second kappa shape index (κ2) is 9.57. The van der Waals surface area contributed by atoms with Crippen LogP contribution in [0.5, 0.6) is 0 Å². The number of aromatic nitrogens is 1. The summed E-state index contributed by atoms with van der Waals surface area (Å²) in [5.41, 5.74) is 2.45. The summed E-state index contributed by atoms with van der Waals surface area (Å²) in [4.78, 5) is 28.2. The maximum atomic E-state index is 12.1. The smallest absolute Gasteiger partial charge is 0.408 e. The molecule has 3 N–H and O–H groups in total. The van der Waals surface area contributed by atoms with Gasteiger partial charge in [-0.05, 0) is 64.0 Å². The molecule has 0 unspecified atom stereocenters. The van der Waals surface area contributed by atoms with E-state index in [1.807, 2.05) is 17.5 Å². The van der Waals surface area contributed by atoms with Gasteiger partial charge in [-0.3, -0.25) is 4.79 Å². The van der Waals surface area contributed by atoms with Gasteiger partial charge >= 0.3 is 6.09 Å². The monoisotopic (exact) mass is 431 g/mol. The quantitative estimate of drug-likeness (QED) is 0.656. The fourth-order valence-corrected chi connectivity index (χ4v) is 4.19.